The van der Waals surface area contributed by atoms with Crippen LogP contribution in [0.1, 0.15) is 49.8 Å². The van der Waals surface area contributed by atoms with Crippen LogP contribution in [0.4, 0.5) is 0 Å². The molecule has 0 saturated carbocycles. The summed E-state index contributed by atoms with van der Waals surface area (Å²) in [6.45, 7) is 2.57. The molecule has 1 heterocycles. The second-order valence-corrected chi connectivity index (χ2v) is 9.97. The Bertz CT molecular complexity index is 1060. The third kappa shape index (κ3) is 7.27. The van der Waals surface area contributed by atoms with Gasteiger partial charge in [0.2, 0.25) is 10.0 Å². The molecule has 1 N–H and O–H groups in total. The predicted octanol–water partition coefficient (Wildman–Crippen LogP) is 3.69. The molecule has 1 aliphatic rings. The van der Waals surface area contributed by atoms with Gasteiger partial charge in [0.1, 0.15) is 0 Å². The Balaban J connectivity index is 1.49. The minimum Gasteiger partial charge on any atom is -0.452 e. The molecular formula is C25H30N2O5S. The van der Waals surface area contributed by atoms with Crippen molar-refractivity contribution in [3.8, 4) is 0 Å². The van der Waals surface area contributed by atoms with E-state index in [1.165, 1.54) is 12.2 Å². The minimum absolute atomic E-state index is 0.197. The van der Waals surface area contributed by atoms with Gasteiger partial charge in [0.25, 0.3) is 5.91 Å². The number of nitrogens with one attached hydrogen (secondary N) is 1. The number of nitrogens with zero attached hydrogens (tertiary/aromatic N) is 1. The van der Waals surface area contributed by atoms with E-state index in [1.54, 1.807) is 28.6 Å². The van der Waals surface area contributed by atoms with Gasteiger partial charge >= 0.3 is 5.97 Å². The SMILES string of the molecule is CC(NC(=O)COC(=O)/C=C/c1ccc(S(=O)(=O)N2CCCCCC2)cc1)c1ccccc1. The van der Waals surface area contributed by atoms with Crippen LogP contribution >= 0.6 is 0 Å². The number of sulfonamides is 1. The molecule has 1 unspecified atom stereocenters. The van der Waals surface area contributed by atoms with Crippen LogP contribution < -0.4 is 5.32 Å². The van der Waals surface area contributed by atoms with Crippen LogP contribution in [0.2, 0.25) is 0 Å². The summed E-state index contributed by atoms with van der Waals surface area (Å²) in [7, 11) is -3.51. The standard InChI is InChI=1S/C25H30N2O5S/c1-20(22-9-5-4-6-10-22)26-24(28)19-32-25(29)16-13-21-11-14-23(15-12-21)33(30,31)27-17-7-2-3-8-18-27/h4-6,9-16,20H,2-3,7-8,17-19H2,1H3,(H,26,28)/b16-13+. The summed E-state index contributed by atoms with van der Waals surface area (Å²) < 4.78 is 32.2. The number of rotatable bonds is 8. The Morgan fingerprint density at radius 1 is 1.00 bits per heavy atom. The molecule has 7 nitrogen and oxygen atoms in total. The lowest BCUT2D eigenvalue weighted by molar-refractivity contribution is -0.144. The lowest BCUT2D eigenvalue weighted by atomic mass is 10.1. The Kier molecular flexibility index (Phi) is 8.79. The molecule has 176 valence electrons. The third-order valence-corrected chi connectivity index (χ3v) is 7.43. The third-order valence-electron chi connectivity index (χ3n) is 5.52. The van der Waals surface area contributed by atoms with Crippen molar-refractivity contribution in [3.63, 3.8) is 0 Å². The molecule has 8 heteroatoms. The number of esters is 1. The first-order valence-corrected chi connectivity index (χ1v) is 12.6. The number of benzene rings is 2. The van der Waals surface area contributed by atoms with Gasteiger partial charge in [-0.15, -0.1) is 0 Å². The highest BCUT2D eigenvalue weighted by Gasteiger charge is 2.24. The van der Waals surface area contributed by atoms with Crippen molar-refractivity contribution < 1.29 is 22.7 Å². The maximum absolute atomic E-state index is 12.8. The van der Waals surface area contributed by atoms with Crippen molar-refractivity contribution in [1.29, 1.82) is 0 Å². The maximum atomic E-state index is 12.8. The van der Waals surface area contributed by atoms with Crippen molar-refractivity contribution in [2.24, 2.45) is 0 Å². The van der Waals surface area contributed by atoms with Crippen LogP contribution in [0, 0.1) is 0 Å². The summed E-state index contributed by atoms with van der Waals surface area (Å²) in [5.41, 5.74) is 1.61. The topological polar surface area (TPSA) is 92.8 Å². The van der Waals surface area contributed by atoms with Gasteiger partial charge < -0.3 is 10.1 Å². The van der Waals surface area contributed by atoms with E-state index >= 15 is 0 Å². The van der Waals surface area contributed by atoms with E-state index in [-0.39, 0.29) is 17.5 Å². The van der Waals surface area contributed by atoms with E-state index in [4.69, 9.17) is 4.74 Å². The Morgan fingerprint density at radius 2 is 1.64 bits per heavy atom. The fraction of sp³-hybridized carbons (Fsp3) is 0.360. The molecule has 2 aromatic carbocycles. The second kappa shape index (κ2) is 11.8. The van der Waals surface area contributed by atoms with Crippen molar-refractivity contribution in [1.82, 2.24) is 9.62 Å². The zero-order valence-electron chi connectivity index (χ0n) is 18.8. The van der Waals surface area contributed by atoms with E-state index in [1.807, 2.05) is 37.3 Å². The largest absolute Gasteiger partial charge is 0.452 e. The van der Waals surface area contributed by atoms with Gasteiger partial charge in [-0.3, -0.25) is 4.79 Å². The molecule has 1 fully saturated rings. The molecule has 1 saturated heterocycles. The first-order chi connectivity index (χ1) is 15.9. The van der Waals surface area contributed by atoms with Crippen molar-refractivity contribution in [3.05, 3.63) is 71.8 Å². The maximum Gasteiger partial charge on any atom is 0.331 e. The summed E-state index contributed by atoms with van der Waals surface area (Å²) in [6.07, 6.45) is 6.61. The molecule has 0 bridgehead atoms. The first-order valence-electron chi connectivity index (χ1n) is 11.2. The molecular weight excluding hydrogens is 440 g/mol. The van der Waals surface area contributed by atoms with E-state index in [0.29, 0.717) is 18.7 Å². The van der Waals surface area contributed by atoms with Gasteiger partial charge in [0.05, 0.1) is 10.9 Å². The number of hydrogen-bond donors (Lipinski definition) is 1. The Hall–Kier alpha value is -2.97. The van der Waals surface area contributed by atoms with Gasteiger partial charge in [-0.1, -0.05) is 55.3 Å². The van der Waals surface area contributed by atoms with Gasteiger partial charge in [0.15, 0.2) is 6.61 Å². The fourth-order valence-electron chi connectivity index (χ4n) is 3.64. The molecule has 0 radical (unpaired) electrons. The highest BCUT2D eigenvalue weighted by atomic mass is 32.2. The molecule has 1 amide bonds. The van der Waals surface area contributed by atoms with E-state index < -0.39 is 21.9 Å². The molecule has 1 atom stereocenters. The van der Waals surface area contributed by atoms with E-state index in [9.17, 15) is 18.0 Å². The zero-order valence-corrected chi connectivity index (χ0v) is 19.6. The number of ether oxygens (including phenoxy) is 1. The van der Waals surface area contributed by atoms with Crippen molar-refractivity contribution >= 4 is 28.0 Å². The zero-order chi connectivity index (χ0) is 23.7. The van der Waals surface area contributed by atoms with E-state index in [0.717, 1.165) is 31.2 Å². The lowest BCUT2D eigenvalue weighted by Gasteiger charge is -2.19. The van der Waals surface area contributed by atoms with Crippen LogP contribution in [0.15, 0.2) is 65.6 Å². The Morgan fingerprint density at radius 3 is 2.27 bits per heavy atom. The van der Waals surface area contributed by atoms with Crippen LogP contribution in [0.3, 0.4) is 0 Å². The van der Waals surface area contributed by atoms with Gasteiger partial charge in [0, 0.05) is 19.2 Å². The molecule has 2 aromatic rings. The monoisotopic (exact) mass is 470 g/mol. The summed E-state index contributed by atoms with van der Waals surface area (Å²) in [4.78, 5) is 24.2. The minimum atomic E-state index is -3.51. The van der Waals surface area contributed by atoms with Crippen LogP contribution in [-0.2, 0) is 24.3 Å². The van der Waals surface area contributed by atoms with Gasteiger partial charge in [-0.2, -0.15) is 4.31 Å². The number of carbonyl (C=O) groups is 2. The molecule has 1 aliphatic heterocycles. The summed E-state index contributed by atoms with van der Waals surface area (Å²) in [5, 5.41) is 2.78. The summed E-state index contributed by atoms with van der Waals surface area (Å²) in [6, 6.07) is 15.7. The van der Waals surface area contributed by atoms with Crippen LogP contribution in [0.25, 0.3) is 6.08 Å². The summed E-state index contributed by atoms with van der Waals surface area (Å²) >= 11 is 0. The lowest BCUT2D eigenvalue weighted by Crippen LogP contribution is -2.31. The smallest absolute Gasteiger partial charge is 0.331 e. The van der Waals surface area contributed by atoms with Crippen molar-refractivity contribution in [2.45, 2.75) is 43.5 Å². The average Bonchev–Trinajstić information content (AvgIpc) is 3.12. The molecule has 0 aromatic heterocycles. The quantitative estimate of drug-likeness (QED) is 0.469. The number of amides is 1. The fourth-order valence-corrected chi connectivity index (χ4v) is 5.16. The van der Waals surface area contributed by atoms with Crippen molar-refractivity contribution in [2.75, 3.05) is 19.7 Å². The average molecular weight is 471 g/mol. The Labute approximate surface area is 195 Å². The predicted molar refractivity (Wildman–Crippen MR) is 127 cm³/mol. The molecule has 3 rings (SSSR count). The highest BCUT2D eigenvalue weighted by molar-refractivity contribution is 7.89. The number of hydrogen-bond acceptors (Lipinski definition) is 5. The van der Waals surface area contributed by atoms with Gasteiger partial charge in [-0.05, 0) is 49.1 Å². The molecule has 33 heavy (non-hydrogen) atoms. The van der Waals surface area contributed by atoms with Gasteiger partial charge in [-0.25, -0.2) is 13.2 Å². The molecule has 0 aliphatic carbocycles. The van der Waals surface area contributed by atoms with E-state index in [2.05, 4.69) is 5.32 Å². The van der Waals surface area contributed by atoms with Crippen LogP contribution in [-0.4, -0.2) is 44.3 Å². The second-order valence-electron chi connectivity index (χ2n) is 8.03. The highest BCUT2D eigenvalue weighted by Crippen LogP contribution is 2.21. The first kappa shape index (κ1) is 24.7. The summed E-state index contributed by atoms with van der Waals surface area (Å²) in [5.74, 6) is -1.05. The molecule has 0 spiro atoms. The normalized spacial score (nSPS) is 16.2. The number of carbonyl (C=O) groups excluding carboxylic acids is 2. The van der Waals surface area contributed by atoms with Crippen LogP contribution in [0.5, 0.6) is 0 Å².